The molecule has 18 heteroatoms. The van der Waals surface area contributed by atoms with Crippen LogP contribution in [0.3, 0.4) is 0 Å². The number of likely N-dealkylation sites (tertiary alicyclic amines) is 1. The number of hydrogen-bond donors (Lipinski definition) is 6. The fourth-order valence-corrected chi connectivity index (χ4v) is 10.7. The van der Waals surface area contributed by atoms with Gasteiger partial charge in [0.25, 0.3) is 0 Å². The minimum Gasteiger partial charge on any atom is -0.391 e. The molecule has 0 unspecified atom stereocenters. The number of carbonyl (C=O) groups excluding carboxylic acids is 6. The van der Waals surface area contributed by atoms with Crippen molar-refractivity contribution in [3.05, 3.63) is 106 Å². The third-order valence-electron chi connectivity index (χ3n) is 13.7. The second-order valence-corrected chi connectivity index (χ2v) is 21.2. The van der Waals surface area contributed by atoms with Gasteiger partial charge < -0.3 is 42.3 Å². The Kier molecular flexibility index (Phi) is 18.6. The highest BCUT2D eigenvalue weighted by Gasteiger charge is 2.45. The first-order valence-corrected chi connectivity index (χ1v) is 25.3. The minimum absolute atomic E-state index is 0. The van der Waals surface area contributed by atoms with Crippen LogP contribution in [0.1, 0.15) is 99.2 Å². The zero-order valence-electron chi connectivity index (χ0n) is 41.4. The third-order valence-corrected chi connectivity index (χ3v) is 14.7. The van der Waals surface area contributed by atoms with Gasteiger partial charge in [0, 0.05) is 57.9 Å². The van der Waals surface area contributed by atoms with Crippen LogP contribution in [-0.4, -0.2) is 112 Å². The number of hydrogen-bond acceptors (Lipinski definition) is 11. The number of aliphatic hydroxyl groups is 1. The van der Waals surface area contributed by atoms with Gasteiger partial charge in [-0.3, -0.25) is 33.7 Å². The number of anilines is 1. The van der Waals surface area contributed by atoms with E-state index in [1.165, 1.54) is 4.90 Å². The van der Waals surface area contributed by atoms with Crippen molar-refractivity contribution in [2.24, 2.45) is 16.9 Å². The molecule has 6 atom stereocenters. The van der Waals surface area contributed by atoms with Gasteiger partial charge in [-0.1, -0.05) is 87.5 Å². The number of thiazole rings is 1. The molecule has 3 aliphatic rings. The van der Waals surface area contributed by atoms with Crippen molar-refractivity contribution < 1.29 is 33.9 Å². The number of unbranched alkanes of at least 4 members (excludes halogenated alkanes) is 1. The summed E-state index contributed by atoms with van der Waals surface area (Å²) >= 11 is 1.57. The minimum atomic E-state index is -0.901. The summed E-state index contributed by atoms with van der Waals surface area (Å²) in [5.74, 6) is -2.00. The Labute approximate surface area is 427 Å². The standard InChI is InChI=1S/C53H69N9O7S.ClH/c1-32-47(70-31-57-32)37-19-17-34(18-20-37)27-56-49(66)42-26-40(63)30-61(42)52(69)48(53(2,3)4)59-45(65)12-7-6-9-33-13-15-35(16-14-33)28-60(5)29-39(22-24-44(55)64)58-50(67)43-25-38-11-8-10-36-21-23-41(54)51(68)62(43)46(36)38;/h8,10-11,13-20,31,39-43,48,63H,6-7,9,12,21-30,54H2,1-5H3,(H2,55,64)(H,56,66)(H,58,67)(H,59,65);1H/t39-,40+,41-,42-,43-,48+;/m0./s1. The maximum absolute atomic E-state index is 14.1. The molecule has 4 aromatic rings. The van der Waals surface area contributed by atoms with E-state index >= 15 is 0 Å². The van der Waals surface area contributed by atoms with E-state index in [-0.39, 0.29) is 68.4 Å². The number of nitrogens with two attached hydrogens (primary N) is 2. The summed E-state index contributed by atoms with van der Waals surface area (Å²) in [6, 6.07) is 18.5. The lowest BCUT2D eigenvalue weighted by molar-refractivity contribution is -0.144. The lowest BCUT2D eigenvalue weighted by atomic mass is 9.85. The second-order valence-electron chi connectivity index (χ2n) is 20.4. The number of aryl methyl sites for hydroxylation is 3. The number of nitrogens with zero attached hydrogens (tertiary/aromatic N) is 4. The molecule has 16 nitrogen and oxygen atoms in total. The van der Waals surface area contributed by atoms with Crippen LogP contribution < -0.4 is 32.3 Å². The van der Waals surface area contributed by atoms with E-state index in [9.17, 15) is 33.9 Å². The highest BCUT2D eigenvalue weighted by atomic mass is 35.5. The Morgan fingerprint density at radius 2 is 1.61 bits per heavy atom. The molecule has 0 saturated carbocycles. The largest absolute Gasteiger partial charge is 0.391 e. The number of benzene rings is 3. The maximum atomic E-state index is 14.1. The van der Waals surface area contributed by atoms with Crippen molar-refractivity contribution >= 4 is 64.9 Å². The summed E-state index contributed by atoms with van der Waals surface area (Å²) in [7, 11) is 1.95. The Bertz CT molecular complexity index is 2530. The zero-order chi connectivity index (χ0) is 50.3. The number of primary amides is 1. The molecule has 4 heterocycles. The van der Waals surface area contributed by atoms with Crippen LogP contribution in [-0.2, 0) is 61.1 Å². The molecular weight excluding hydrogens is 942 g/mol. The number of nitrogens with one attached hydrogen (secondary N) is 3. The number of β-amino-alcohol motifs (C(OH)–C–C–N with tert-alkyl or cyclic N) is 1. The number of carbonyl (C=O) groups is 6. The molecule has 1 fully saturated rings. The van der Waals surface area contributed by atoms with Gasteiger partial charge in [-0.15, -0.1) is 23.7 Å². The Balaban J connectivity index is 0.00000825. The smallest absolute Gasteiger partial charge is 0.246 e. The van der Waals surface area contributed by atoms with Gasteiger partial charge in [0.2, 0.25) is 35.4 Å². The van der Waals surface area contributed by atoms with Crippen molar-refractivity contribution in [3.63, 3.8) is 0 Å². The van der Waals surface area contributed by atoms with E-state index in [0.29, 0.717) is 45.2 Å². The average Bonchev–Trinajstić information content (AvgIpc) is 4.04. The van der Waals surface area contributed by atoms with Gasteiger partial charge in [-0.05, 0) is 91.3 Å². The molecule has 6 amide bonds. The summed E-state index contributed by atoms with van der Waals surface area (Å²) < 4.78 is 0. The summed E-state index contributed by atoms with van der Waals surface area (Å²) in [4.78, 5) is 90.6. The van der Waals surface area contributed by atoms with Gasteiger partial charge >= 0.3 is 0 Å². The van der Waals surface area contributed by atoms with Gasteiger partial charge in [-0.2, -0.15) is 0 Å². The number of amides is 6. The highest BCUT2D eigenvalue weighted by molar-refractivity contribution is 7.13. The van der Waals surface area contributed by atoms with Gasteiger partial charge in [-0.25, -0.2) is 4.98 Å². The SMILES string of the molecule is Cc1ncsc1-c1ccc(CNC(=O)[C@@H]2C[C@@H](O)CN2C(=O)[C@@H](NC(=O)CCCCc2ccc(CN(C)C[C@H](CCC(N)=O)NC(=O)[C@@H]3Cc4cccc5c4N3C(=O)[C@@H](N)CC5)cc2)C(C)(C)C)cc1.Cl. The first-order chi connectivity index (χ1) is 33.4. The van der Waals surface area contributed by atoms with Crippen LogP contribution in [0.4, 0.5) is 5.69 Å². The first-order valence-electron chi connectivity index (χ1n) is 24.5. The van der Waals surface area contributed by atoms with Crippen molar-refractivity contribution in [2.45, 2.75) is 141 Å². The number of aliphatic hydroxyl groups excluding tert-OH is 1. The fourth-order valence-electron chi connectivity index (χ4n) is 9.88. The van der Waals surface area contributed by atoms with Crippen LogP contribution >= 0.6 is 23.7 Å². The molecule has 8 N–H and O–H groups in total. The fraction of sp³-hybridized carbons (Fsp3) is 0.491. The Hall–Kier alpha value is -5.72. The second kappa shape index (κ2) is 24.1. The molecule has 0 radical (unpaired) electrons. The van der Waals surface area contributed by atoms with E-state index in [2.05, 4.69) is 50.1 Å². The highest BCUT2D eigenvalue weighted by Crippen LogP contribution is 2.39. The number of para-hydroxylation sites is 1. The van der Waals surface area contributed by atoms with E-state index in [0.717, 1.165) is 62.5 Å². The number of rotatable bonds is 20. The number of halogens is 1. The monoisotopic (exact) mass is 1010 g/mol. The van der Waals surface area contributed by atoms with Gasteiger partial charge in [0.15, 0.2) is 0 Å². The zero-order valence-corrected chi connectivity index (χ0v) is 43.1. The molecular formula is C53H70ClN9O7S. The van der Waals surface area contributed by atoms with E-state index in [1.54, 1.807) is 16.2 Å². The average molecular weight is 1010 g/mol. The van der Waals surface area contributed by atoms with Crippen molar-refractivity contribution in [3.8, 4) is 10.4 Å². The van der Waals surface area contributed by atoms with Crippen LogP contribution in [0.2, 0.25) is 0 Å². The van der Waals surface area contributed by atoms with Crippen LogP contribution in [0.25, 0.3) is 10.4 Å². The van der Waals surface area contributed by atoms with E-state index in [1.807, 2.05) is 82.7 Å². The molecule has 1 saturated heterocycles. The molecule has 382 valence electrons. The summed E-state index contributed by atoms with van der Waals surface area (Å²) in [5, 5.41) is 19.7. The lowest BCUT2D eigenvalue weighted by Crippen LogP contribution is -2.57. The first kappa shape index (κ1) is 54.6. The van der Waals surface area contributed by atoms with E-state index < -0.39 is 53.5 Å². The molecule has 1 aromatic heterocycles. The normalized spacial score (nSPS) is 19.4. The quantitative estimate of drug-likeness (QED) is 0.0680. The van der Waals surface area contributed by atoms with Crippen LogP contribution in [0, 0.1) is 12.3 Å². The van der Waals surface area contributed by atoms with Gasteiger partial charge in [0.1, 0.15) is 18.1 Å². The summed E-state index contributed by atoms with van der Waals surface area (Å²) in [5.41, 5.74) is 20.8. The summed E-state index contributed by atoms with van der Waals surface area (Å²) in [6.07, 6.45) is 3.60. The number of aromatic nitrogens is 1. The van der Waals surface area contributed by atoms with E-state index in [4.69, 9.17) is 11.5 Å². The maximum Gasteiger partial charge on any atom is 0.246 e. The molecule has 0 spiro atoms. The van der Waals surface area contributed by atoms with Crippen LogP contribution in [0.15, 0.2) is 72.2 Å². The molecule has 0 bridgehead atoms. The molecule has 71 heavy (non-hydrogen) atoms. The lowest BCUT2D eigenvalue weighted by Gasteiger charge is -2.35. The topological polar surface area (TPSA) is 233 Å². The van der Waals surface area contributed by atoms with Crippen molar-refractivity contribution in [2.75, 3.05) is 25.0 Å². The Morgan fingerprint density at radius 1 is 0.915 bits per heavy atom. The number of likely N-dealkylation sites (N-methyl/N-ethyl adjacent to an activating group) is 1. The van der Waals surface area contributed by atoms with Crippen molar-refractivity contribution in [1.29, 1.82) is 0 Å². The predicted octanol–water partition coefficient (Wildman–Crippen LogP) is 4.48. The van der Waals surface area contributed by atoms with Crippen LogP contribution in [0.5, 0.6) is 0 Å². The molecule has 3 aliphatic heterocycles. The van der Waals surface area contributed by atoms with Gasteiger partial charge in [0.05, 0.1) is 33.9 Å². The molecule has 0 aliphatic carbocycles. The van der Waals surface area contributed by atoms with Crippen molar-refractivity contribution in [1.82, 2.24) is 30.7 Å². The third kappa shape index (κ3) is 13.8. The molecule has 3 aromatic carbocycles. The Morgan fingerprint density at radius 3 is 2.28 bits per heavy atom. The molecule has 7 rings (SSSR count). The summed E-state index contributed by atoms with van der Waals surface area (Å²) in [6.45, 7) is 8.88. The predicted molar refractivity (Wildman–Crippen MR) is 277 cm³/mol.